The number of pyridine rings is 1. The standard InChI is InChI=1S/C16H22N2OS/c1-4-11(2)9-20-10-13-7-12-5-6-14(19-3)8-15(12)18-16(13)17/h5-8,11H,4,9-10H2,1-3H3,(H2,17,18). The summed E-state index contributed by atoms with van der Waals surface area (Å²) < 4.78 is 5.21. The van der Waals surface area contributed by atoms with Crippen molar-refractivity contribution in [3.05, 3.63) is 29.8 Å². The summed E-state index contributed by atoms with van der Waals surface area (Å²) in [6.45, 7) is 4.51. The SMILES string of the molecule is CCC(C)CSCc1cc2ccc(OC)cc2nc1N. The first-order chi connectivity index (χ1) is 9.63. The van der Waals surface area contributed by atoms with Gasteiger partial charge in [0.15, 0.2) is 0 Å². The third kappa shape index (κ3) is 3.57. The fraction of sp³-hybridized carbons (Fsp3) is 0.438. The number of hydrogen-bond donors (Lipinski definition) is 1. The molecule has 1 unspecified atom stereocenters. The number of rotatable bonds is 6. The lowest BCUT2D eigenvalue weighted by atomic mass is 10.1. The van der Waals surface area contributed by atoms with Crippen molar-refractivity contribution in [2.75, 3.05) is 18.6 Å². The Balaban J connectivity index is 2.16. The zero-order valence-corrected chi connectivity index (χ0v) is 13.2. The maximum absolute atomic E-state index is 6.06. The van der Waals surface area contributed by atoms with Crippen LogP contribution in [0, 0.1) is 5.92 Å². The molecule has 0 radical (unpaired) electrons. The van der Waals surface area contributed by atoms with Crippen LogP contribution in [0.2, 0.25) is 0 Å². The topological polar surface area (TPSA) is 48.1 Å². The predicted octanol–water partition coefficient (Wildman–Crippen LogP) is 4.10. The van der Waals surface area contributed by atoms with Crippen LogP contribution in [-0.2, 0) is 5.75 Å². The number of aromatic nitrogens is 1. The zero-order chi connectivity index (χ0) is 14.5. The summed E-state index contributed by atoms with van der Waals surface area (Å²) in [5.74, 6) is 4.27. The van der Waals surface area contributed by atoms with Gasteiger partial charge >= 0.3 is 0 Å². The lowest BCUT2D eigenvalue weighted by Crippen LogP contribution is -2.00. The third-order valence-corrected chi connectivity index (χ3v) is 4.81. The number of ether oxygens (including phenoxy) is 1. The highest BCUT2D eigenvalue weighted by Crippen LogP contribution is 2.26. The molecule has 108 valence electrons. The fourth-order valence-corrected chi connectivity index (χ4v) is 3.14. The van der Waals surface area contributed by atoms with Gasteiger partial charge in [0, 0.05) is 22.8 Å². The minimum atomic E-state index is 0.627. The van der Waals surface area contributed by atoms with Crippen LogP contribution in [0.3, 0.4) is 0 Å². The number of methoxy groups -OCH3 is 1. The smallest absolute Gasteiger partial charge is 0.128 e. The summed E-state index contributed by atoms with van der Waals surface area (Å²) >= 11 is 1.92. The summed E-state index contributed by atoms with van der Waals surface area (Å²) in [5, 5.41) is 1.11. The molecule has 1 atom stereocenters. The van der Waals surface area contributed by atoms with Crippen LogP contribution in [0.5, 0.6) is 5.75 Å². The molecule has 0 aliphatic carbocycles. The zero-order valence-electron chi connectivity index (χ0n) is 12.3. The van der Waals surface area contributed by atoms with E-state index in [0.29, 0.717) is 5.82 Å². The Kier molecular flexibility index (Phi) is 5.12. The molecule has 4 heteroatoms. The Hall–Kier alpha value is -1.42. The number of benzene rings is 1. The van der Waals surface area contributed by atoms with Crippen LogP contribution in [0.25, 0.3) is 10.9 Å². The van der Waals surface area contributed by atoms with Crippen molar-refractivity contribution < 1.29 is 4.74 Å². The van der Waals surface area contributed by atoms with E-state index in [2.05, 4.69) is 24.9 Å². The average Bonchev–Trinajstić information content (AvgIpc) is 2.46. The van der Waals surface area contributed by atoms with Gasteiger partial charge in [-0.25, -0.2) is 4.98 Å². The molecule has 1 aromatic heterocycles. The molecular weight excluding hydrogens is 268 g/mol. The van der Waals surface area contributed by atoms with Crippen molar-refractivity contribution in [3.8, 4) is 5.75 Å². The number of thioether (sulfide) groups is 1. The first kappa shape index (κ1) is 15.0. The molecule has 0 aliphatic rings. The van der Waals surface area contributed by atoms with Crippen LogP contribution >= 0.6 is 11.8 Å². The quantitative estimate of drug-likeness (QED) is 0.870. The van der Waals surface area contributed by atoms with Crippen LogP contribution in [0.1, 0.15) is 25.8 Å². The normalized spacial score (nSPS) is 12.6. The molecule has 1 aromatic carbocycles. The first-order valence-corrected chi connectivity index (χ1v) is 8.10. The number of nitrogens with zero attached hydrogens (tertiary/aromatic N) is 1. The van der Waals surface area contributed by atoms with Gasteiger partial charge < -0.3 is 10.5 Å². The highest BCUT2D eigenvalue weighted by Gasteiger charge is 2.06. The monoisotopic (exact) mass is 290 g/mol. The molecule has 0 amide bonds. The Morgan fingerprint density at radius 3 is 2.85 bits per heavy atom. The van der Waals surface area contributed by atoms with Gasteiger partial charge in [0.25, 0.3) is 0 Å². The number of nitrogen functional groups attached to an aromatic ring is 1. The van der Waals surface area contributed by atoms with Gasteiger partial charge in [-0.2, -0.15) is 11.8 Å². The van der Waals surface area contributed by atoms with Crippen LogP contribution < -0.4 is 10.5 Å². The minimum Gasteiger partial charge on any atom is -0.497 e. The van der Waals surface area contributed by atoms with E-state index < -0.39 is 0 Å². The summed E-state index contributed by atoms with van der Waals surface area (Å²) in [6.07, 6.45) is 1.22. The second-order valence-corrected chi connectivity index (χ2v) is 6.15. The highest BCUT2D eigenvalue weighted by molar-refractivity contribution is 7.98. The number of anilines is 1. The molecule has 0 saturated carbocycles. The summed E-state index contributed by atoms with van der Waals surface area (Å²) in [7, 11) is 1.66. The molecule has 0 fully saturated rings. The van der Waals surface area contributed by atoms with E-state index in [1.165, 1.54) is 6.42 Å². The van der Waals surface area contributed by atoms with Crippen molar-refractivity contribution in [3.63, 3.8) is 0 Å². The van der Waals surface area contributed by atoms with Gasteiger partial charge in [0.2, 0.25) is 0 Å². The molecule has 3 nitrogen and oxygen atoms in total. The van der Waals surface area contributed by atoms with E-state index in [0.717, 1.165) is 39.6 Å². The summed E-state index contributed by atoms with van der Waals surface area (Å²) in [5.41, 5.74) is 8.07. The molecule has 20 heavy (non-hydrogen) atoms. The van der Waals surface area contributed by atoms with Gasteiger partial charge in [-0.15, -0.1) is 0 Å². The predicted molar refractivity (Wildman–Crippen MR) is 88.3 cm³/mol. The molecule has 2 aromatic rings. The number of hydrogen-bond acceptors (Lipinski definition) is 4. The molecular formula is C16H22N2OS. The molecule has 0 spiro atoms. The average molecular weight is 290 g/mol. The van der Waals surface area contributed by atoms with E-state index in [9.17, 15) is 0 Å². The molecule has 0 aliphatic heterocycles. The Bertz CT molecular complexity index is 586. The van der Waals surface area contributed by atoms with Gasteiger partial charge in [-0.3, -0.25) is 0 Å². The maximum atomic E-state index is 6.06. The van der Waals surface area contributed by atoms with E-state index >= 15 is 0 Å². The van der Waals surface area contributed by atoms with Crippen molar-refractivity contribution in [2.24, 2.45) is 5.92 Å². The molecule has 2 rings (SSSR count). The number of fused-ring (bicyclic) bond motifs is 1. The second kappa shape index (κ2) is 6.84. The first-order valence-electron chi connectivity index (χ1n) is 6.95. The fourth-order valence-electron chi connectivity index (χ4n) is 1.94. The molecule has 1 heterocycles. The van der Waals surface area contributed by atoms with Crippen LogP contribution in [0.15, 0.2) is 24.3 Å². The van der Waals surface area contributed by atoms with Crippen molar-refractivity contribution in [1.29, 1.82) is 0 Å². The van der Waals surface area contributed by atoms with E-state index in [4.69, 9.17) is 10.5 Å². The van der Waals surface area contributed by atoms with Crippen molar-refractivity contribution in [1.82, 2.24) is 4.98 Å². The van der Waals surface area contributed by atoms with Crippen LogP contribution in [-0.4, -0.2) is 17.8 Å². The maximum Gasteiger partial charge on any atom is 0.128 e. The van der Waals surface area contributed by atoms with Crippen molar-refractivity contribution >= 4 is 28.5 Å². The minimum absolute atomic E-state index is 0.627. The van der Waals surface area contributed by atoms with Crippen LogP contribution in [0.4, 0.5) is 5.82 Å². The summed E-state index contributed by atoms with van der Waals surface area (Å²) in [4.78, 5) is 4.49. The Morgan fingerprint density at radius 1 is 1.35 bits per heavy atom. The highest BCUT2D eigenvalue weighted by atomic mass is 32.2. The van der Waals surface area contributed by atoms with E-state index in [1.54, 1.807) is 7.11 Å². The van der Waals surface area contributed by atoms with Gasteiger partial charge in [0.05, 0.1) is 12.6 Å². The molecule has 0 bridgehead atoms. The Morgan fingerprint density at radius 2 is 2.15 bits per heavy atom. The second-order valence-electron chi connectivity index (χ2n) is 5.12. The van der Waals surface area contributed by atoms with Gasteiger partial charge in [-0.05, 0) is 29.9 Å². The third-order valence-electron chi connectivity index (χ3n) is 3.49. The lowest BCUT2D eigenvalue weighted by Gasteiger charge is -2.10. The Labute approximate surface area is 124 Å². The van der Waals surface area contributed by atoms with E-state index in [-0.39, 0.29) is 0 Å². The summed E-state index contributed by atoms with van der Waals surface area (Å²) in [6, 6.07) is 8.04. The van der Waals surface area contributed by atoms with E-state index in [1.807, 2.05) is 30.0 Å². The van der Waals surface area contributed by atoms with Gasteiger partial charge in [-0.1, -0.05) is 20.3 Å². The largest absolute Gasteiger partial charge is 0.497 e. The number of nitrogens with two attached hydrogens (primary N) is 1. The molecule has 2 N–H and O–H groups in total. The molecule has 0 saturated heterocycles. The lowest BCUT2D eigenvalue weighted by molar-refractivity contribution is 0.415. The van der Waals surface area contributed by atoms with Gasteiger partial charge in [0.1, 0.15) is 11.6 Å². The van der Waals surface area contributed by atoms with Crippen molar-refractivity contribution in [2.45, 2.75) is 26.0 Å².